The van der Waals surface area contributed by atoms with E-state index in [0.717, 1.165) is 36.7 Å². The molecule has 0 aliphatic carbocycles. The highest BCUT2D eigenvalue weighted by molar-refractivity contribution is 7.61. The number of phosphoric acid groups is 2. The largest absolute Gasteiger partial charge is 0.481 e. The second kappa shape index (κ2) is 16.3. The van der Waals surface area contributed by atoms with Crippen LogP contribution >= 0.6 is 15.6 Å². The number of azide groups is 1. The fraction of sp³-hybridized carbons (Fsp3) is 0.560. The van der Waals surface area contributed by atoms with Crippen molar-refractivity contribution in [3.63, 3.8) is 0 Å². The van der Waals surface area contributed by atoms with Crippen LogP contribution in [0.4, 0.5) is 0 Å². The van der Waals surface area contributed by atoms with Gasteiger partial charge in [0.2, 0.25) is 0 Å². The second-order valence-corrected chi connectivity index (χ2v) is 13.0. The zero-order chi connectivity index (χ0) is 32.3. The minimum Gasteiger partial charge on any atom is -0.427 e. The average Bonchev–Trinajstić information content (AvgIpc) is 3.35. The molecule has 2 unspecified atom stereocenters. The fourth-order valence-electron chi connectivity index (χ4n) is 4.23. The number of benzene rings is 1. The molecule has 3 N–H and O–H groups in total. The molecule has 44 heavy (non-hydrogen) atoms. The first kappa shape index (κ1) is 35.4. The third-order valence-corrected chi connectivity index (χ3v) is 9.08. The highest BCUT2D eigenvalue weighted by atomic mass is 31.3. The number of aromatic nitrogens is 2. The number of hydrogen-bond acceptors (Lipinski definition) is 11. The predicted molar refractivity (Wildman–Crippen MR) is 154 cm³/mol. The lowest BCUT2D eigenvalue weighted by molar-refractivity contribution is -0.134. The summed E-state index contributed by atoms with van der Waals surface area (Å²) in [7, 11) is -10.3. The molecule has 2 heterocycles. The lowest BCUT2D eigenvalue weighted by atomic mass is 10.1. The van der Waals surface area contributed by atoms with Gasteiger partial charge in [-0.1, -0.05) is 49.9 Å². The van der Waals surface area contributed by atoms with Crippen LogP contribution in [0.15, 0.2) is 45.2 Å². The molecule has 17 nitrogen and oxygen atoms in total. The number of unbranched alkanes of at least 4 members (excludes halogenated alkanes) is 4. The molecule has 0 saturated carbocycles. The molecule has 1 aliphatic heterocycles. The Hall–Kier alpha value is -3.10. The van der Waals surface area contributed by atoms with Crippen LogP contribution in [0.5, 0.6) is 5.75 Å². The van der Waals surface area contributed by atoms with E-state index >= 15 is 0 Å². The molecule has 242 valence electrons. The van der Waals surface area contributed by atoms with Crippen molar-refractivity contribution < 1.29 is 46.5 Å². The summed E-state index contributed by atoms with van der Waals surface area (Å²) in [5.41, 5.74) is 8.09. The topological polar surface area (TPSA) is 241 Å². The van der Waals surface area contributed by atoms with E-state index in [1.165, 1.54) is 37.4 Å². The van der Waals surface area contributed by atoms with Gasteiger partial charge in [-0.3, -0.25) is 28.2 Å². The zero-order valence-electron chi connectivity index (χ0n) is 24.1. The molecule has 1 saturated heterocycles. The molecule has 0 radical (unpaired) electrons. The summed E-state index contributed by atoms with van der Waals surface area (Å²) in [6, 6.07) is 4.91. The predicted octanol–water partition coefficient (Wildman–Crippen LogP) is 4.53. The maximum absolute atomic E-state index is 12.4. The first-order chi connectivity index (χ1) is 20.8. The summed E-state index contributed by atoms with van der Waals surface area (Å²) in [6.45, 7) is 2.34. The molecule has 3 rings (SSSR count). The first-order valence-electron chi connectivity index (χ1n) is 13.8. The Morgan fingerprint density at radius 1 is 1.14 bits per heavy atom. The van der Waals surface area contributed by atoms with Crippen LogP contribution in [0.3, 0.4) is 0 Å². The Balaban J connectivity index is 1.50. The molecular weight excluding hydrogens is 624 g/mol. The number of aryl methyl sites for hydroxylation is 1. The summed E-state index contributed by atoms with van der Waals surface area (Å²) >= 11 is 0. The van der Waals surface area contributed by atoms with E-state index < -0.39 is 58.5 Å². The summed E-state index contributed by atoms with van der Waals surface area (Å²) in [4.78, 5) is 60.7. The Bertz CT molecular complexity index is 1540. The highest BCUT2D eigenvalue weighted by Gasteiger charge is 2.40. The Labute approximate surface area is 251 Å². The van der Waals surface area contributed by atoms with E-state index in [0.29, 0.717) is 5.56 Å². The molecule has 0 amide bonds. The number of nitrogens with zero attached hydrogens (tertiary/aromatic N) is 4. The standard InChI is InChI=1S/C25H35N5O12P2/c1-3-4-5-6-7-8-23(31)40-19-11-9-18(10-12-19)15-38-43(34,35)42-44(36,37)39-16-21-20(28-29-26)13-22(41-21)30-14-17(2)24(32)27-25(30)33/h9-12,14,20-22H,3-8,13,15-16H2,1-2H3,(H,34,35)(H,36,37)(H,27,32,33)/t20-,21+,22+/m0/s1. The Morgan fingerprint density at radius 2 is 1.82 bits per heavy atom. The van der Waals surface area contributed by atoms with Crippen molar-refractivity contribution in [1.82, 2.24) is 9.55 Å². The van der Waals surface area contributed by atoms with Crippen LogP contribution < -0.4 is 16.0 Å². The zero-order valence-corrected chi connectivity index (χ0v) is 25.9. The molecule has 0 bridgehead atoms. The lowest BCUT2D eigenvalue weighted by Crippen LogP contribution is -2.33. The van der Waals surface area contributed by atoms with Crippen LogP contribution in [0, 0.1) is 6.92 Å². The van der Waals surface area contributed by atoms with Gasteiger partial charge in [0.25, 0.3) is 5.56 Å². The molecule has 1 fully saturated rings. The van der Waals surface area contributed by atoms with Crippen molar-refractivity contribution in [2.75, 3.05) is 6.61 Å². The second-order valence-electron chi connectivity index (χ2n) is 9.99. The van der Waals surface area contributed by atoms with Crippen molar-refractivity contribution in [1.29, 1.82) is 0 Å². The number of ether oxygens (including phenoxy) is 2. The van der Waals surface area contributed by atoms with E-state index in [-0.39, 0.29) is 30.1 Å². The van der Waals surface area contributed by atoms with Gasteiger partial charge in [-0.15, -0.1) is 0 Å². The monoisotopic (exact) mass is 659 g/mol. The average molecular weight is 660 g/mol. The van der Waals surface area contributed by atoms with Crippen LogP contribution in [0.1, 0.15) is 69.2 Å². The number of carbonyl (C=O) groups is 1. The number of rotatable bonds is 17. The third-order valence-electron chi connectivity index (χ3n) is 6.50. The minimum atomic E-state index is -5.22. The normalized spacial score (nSPS) is 20.8. The van der Waals surface area contributed by atoms with Crippen molar-refractivity contribution in [2.24, 2.45) is 5.11 Å². The number of phosphoric ester groups is 2. The molecule has 1 aliphatic rings. The SMILES string of the molecule is CCCCCCCC(=O)Oc1ccc(COP(=O)(O)OP(=O)(O)OC[C@H]2O[C@@H](n3cc(C)c(=O)[nH]c3=O)C[C@@H]2N=[N+]=[N-])cc1. The van der Waals surface area contributed by atoms with Gasteiger partial charge in [-0.2, -0.15) is 4.31 Å². The quantitative estimate of drug-likeness (QED) is 0.0404. The van der Waals surface area contributed by atoms with Crippen molar-refractivity contribution in [3.8, 4) is 5.75 Å². The molecule has 2 aromatic rings. The maximum Gasteiger partial charge on any atom is 0.481 e. The van der Waals surface area contributed by atoms with E-state index in [2.05, 4.69) is 26.2 Å². The van der Waals surface area contributed by atoms with Crippen molar-refractivity contribution >= 4 is 21.6 Å². The highest BCUT2D eigenvalue weighted by Crippen LogP contribution is 2.61. The number of esters is 1. The smallest absolute Gasteiger partial charge is 0.427 e. The lowest BCUT2D eigenvalue weighted by Gasteiger charge is -2.20. The number of aromatic amines is 1. The molecule has 1 aromatic heterocycles. The van der Waals surface area contributed by atoms with Gasteiger partial charge in [0.1, 0.15) is 12.0 Å². The molecular formula is C25H35N5O12P2. The van der Waals surface area contributed by atoms with Gasteiger partial charge in [0.05, 0.1) is 25.4 Å². The first-order valence-corrected chi connectivity index (χ1v) is 16.8. The van der Waals surface area contributed by atoms with Crippen LogP contribution in [0.25, 0.3) is 10.4 Å². The van der Waals surface area contributed by atoms with Crippen molar-refractivity contribution in [2.45, 2.75) is 83.8 Å². The Morgan fingerprint density at radius 3 is 2.50 bits per heavy atom. The van der Waals surface area contributed by atoms with Crippen LogP contribution in [-0.2, 0) is 38.6 Å². The summed E-state index contributed by atoms with van der Waals surface area (Å²) in [6.07, 6.45) is 4.28. The number of carbonyl (C=O) groups excluding carboxylic acids is 1. The van der Waals surface area contributed by atoms with Gasteiger partial charge in [-0.05, 0) is 36.6 Å². The molecule has 5 atom stereocenters. The van der Waals surface area contributed by atoms with E-state index in [1.807, 2.05) is 0 Å². The van der Waals surface area contributed by atoms with E-state index in [4.69, 9.17) is 24.1 Å². The summed E-state index contributed by atoms with van der Waals surface area (Å²) in [5.74, 6) is -0.0953. The number of H-pyrrole nitrogens is 1. The van der Waals surface area contributed by atoms with E-state index in [9.17, 15) is 33.3 Å². The summed E-state index contributed by atoms with van der Waals surface area (Å²) < 4.78 is 50.7. The molecule has 0 spiro atoms. The number of hydrogen-bond donors (Lipinski definition) is 3. The van der Waals surface area contributed by atoms with E-state index in [1.54, 1.807) is 0 Å². The third kappa shape index (κ3) is 11.1. The van der Waals surface area contributed by atoms with Gasteiger partial charge in [0.15, 0.2) is 0 Å². The fourth-order valence-corrected chi connectivity index (χ4v) is 6.30. The van der Waals surface area contributed by atoms with Gasteiger partial charge in [0, 0.05) is 29.5 Å². The van der Waals surface area contributed by atoms with Crippen molar-refractivity contribution in [3.05, 3.63) is 72.9 Å². The minimum absolute atomic E-state index is 0.0430. The molecule has 1 aromatic carbocycles. The summed E-state index contributed by atoms with van der Waals surface area (Å²) in [5, 5.41) is 3.55. The van der Waals surface area contributed by atoms with Gasteiger partial charge in [-0.25, -0.2) is 13.9 Å². The van der Waals surface area contributed by atoms with Gasteiger partial charge >= 0.3 is 27.3 Å². The molecule has 19 heteroatoms. The maximum atomic E-state index is 12.4. The number of nitrogens with one attached hydrogen (secondary N) is 1. The Kier molecular flexibility index (Phi) is 13.1. The van der Waals surface area contributed by atoms with Crippen LogP contribution in [-0.4, -0.2) is 44.1 Å². The van der Waals surface area contributed by atoms with Crippen LogP contribution in [0.2, 0.25) is 0 Å². The van der Waals surface area contributed by atoms with Gasteiger partial charge < -0.3 is 19.3 Å².